The van der Waals surface area contributed by atoms with Gasteiger partial charge in [0.2, 0.25) is 0 Å². The molecule has 0 saturated heterocycles. The average Bonchev–Trinajstić information content (AvgIpc) is 1.96. The summed E-state index contributed by atoms with van der Waals surface area (Å²) in [6, 6.07) is 5.25. The van der Waals surface area contributed by atoms with Crippen LogP contribution in [-0.4, -0.2) is 12.4 Å². The van der Waals surface area contributed by atoms with Crippen LogP contribution in [0.4, 0.5) is 26.3 Å². The summed E-state index contributed by atoms with van der Waals surface area (Å²) >= 11 is 0. The van der Waals surface area contributed by atoms with Crippen LogP contribution in [-0.2, 0) is 12.8 Å². The molecule has 0 aliphatic heterocycles. The van der Waals surface area contributed by atoms with Crippen molar-refractivity contribution in [3.63, 3.8) is 0 Å². The van der Waals surface area contributed by atoms with Crippen LogP contribution in [0.15, 0.2) is 18.2 Å². The van der Waals surface area contributed by atoms with Gasteiger partial charge < -0.3 is 0 Å². The van der Waals surface area contributed by atoms with Gasteiger partial charge >= 0.3 is 12.4 Å². The number of hydrogen-bond donors (Lipinski definition) is 0. The Kier molecular flexibility index (Phi) is 3.50. The van der Waals surface area contributed by atoms with Crippen molar-refractivity contribution in [2.24, 2.45) is 0 Å². The molecule has 1 rings (SSSR count). The van der Waals surface area contributed by atoms with Gasteiger partial charge in [-0.2, -0.15) is 26.3 Å². The van der Waals surface area contributed by atoms with E-state index in [9.17, 15) is 26.3 Å². The average molecular weight is 241 g/mol. The summed E-state index contributed by atoms with van der Waals surface area (Å²) in [5.74, 6) is 0. The summed E-state index contributed by atoms with van der Waals surface area (Å²) in [6.45, 7) is 0. The minimum absolute atomic E-state index is 0.214. The molecule has 0 aliphatic rings. The van der Waals surface area contributed by atoms with E-state index in [-0.39, 0.29) is 11.1 Å². The minimum Gasteiger partial charge on any atom is -0.171 e. The monoisotopic (exact) mass is 241 g/mol. The lowest BCUT2D eigenvalue weighted by Gasteiger charge is -2.09. The molecule has 0 unspecified atom stereocenters. The van der Waals surface area contributed by atoms with E-state index in [1.165, 1.54) is 0 Å². The van der Waals surface area contributed by atoms with Crippen molar-refractivity contribution in [3.05, 3.63) is 35.4 Å². The Hall–Kier alpha value is -1.20. The second kappa shape index (κ2) is 4.35. The molecule has 1 aromatic carbocycles. The zero-order valence-electron chi connectivity index (χ0n) is 7.91. The van der Waals surface area contributed by atoms with Crippen molar-refractivity contribution in [3.8, 4) is 0 Å². The van der Waals surface area contributed by atoms with Crippen molar-refractivity contribution >= 4 is 0 Å². The first-order valence-corrected chi connectivity index (χ1v) is 4.28. The molecule has 89 valence electrons. The summed E-state index contributed by atoms with van der Waals surface area (Å²) in [7, 11) is 0. The van der Waals surface area contributed by atoms with Crippen LogP contribution in [0.1, 0.15) is 11.1 Å². The molecule has 0 atom stereocenters. The summed E-state index contributed by atoms with van der Waals surface area (Å²) in [5.41, 5.74) is -0.427. The van der Waals surface area contributed by atoms with E-state index in [2.05, 4.69) is 6.07 Å². The Balaban J connectivity index is 2.79. The second-order valence-electron chi connectivity index (χ2n) is 3.33. The molecule has 6 heteroatoms. The molecule has 1 aromatic rings. The maximum absolute atomic E-state index is 12.0. The third-order valence-corrected chi connectivity index (χ3v) is 1.72. The molecule has 0 bridgehead atoms. The Morgan fingerprint density at radius 1 is 0.812 bits per heavy atom. The molecular formula is C10H7F6. The molecule has 0 spiro atoms. The molecule has 0 aromatic heterocycles. The van der Waals surface area contributed by atoms with Gasteiger partial charge in [0.15, 0.2) is 0 Å². The van der Waals surface area contributed by atoms with Crippen LogP contribution in [0, 0.1) is 6.07 Å². The van der Waals surface area contributed by atoms with Gasteiger partial charge in [0.25, 0.3) is 0 Å². The summed E-state index contributed by atoms with van der Waals surface area (Å²) in [4.78, 5) is 0. The van der Waals surface area contributed by atoms with E-state index in [1.807, 2.05) is 0 Å². The molecular weight excluding hydrogens is 234 g/mol. The van der Waals surface area contributed by atoms with Crippen molar-refractivity contribution in [1.82, 2.24) is 0 Å². The van der Waals surface area contributed by atoms with E-state index in [4.69, 9.17) is 0 Å². The van der Waals surface area contributed by atoms with Crippen LogP contribution in [0.2, 0.25) is 0 Å². The molecule has 0 amide bonds. The number of benzene rings is 1. The molecule has 1 radical (unpaired) electrons. The van der Waals surface area contributed by atoms with Crippen LogP contribution < -0.4 is 0 Å². The van der Waals surface area contributed by atoms with Crippen molar-refractivity contribution < 1.29 is 26.3 Å². The number of halogens is 6. The highest BCUT2D eigenvalue weighted by Crippen LogP contribution is 2.24. The molecule has 0 heterocycles. The van der Waals surface area contributed by atoms with Crippen molar-refractivity contribution in [1.29, 1.82) is 0 Å². The zero-order valence-corrected chi connectivity index (χ0v) is 7.91. The minimum atomic E-state index is -4.43. The third-order valence-electron chi connectivity index (χ3n) is 1.72. The SMILES string of the molecule is FC(F)(F)Cc1c[c]cc(CC(F)(F)F)c1. The highest BCUT2D eigenvalue weighted by atomic mass is 19.4. The molecule has 0 N–H and O–H groups in total. The molecule has 16 heavy (non-hydrogen) atoms. The van der Waals surface area contributed by atoms with E-state index < -0.39 is 25.2 Å². The maximum Gasteiger partial charge on any atom is 0.393 e. The smallest absolute Gasteiger partial charge is 0.171 e. The van der Waals surface area contributed by atoms with Gasteiger partial charge in [-0.1, -0.05) is 18.2 Å². The first kappa shape index (κ1) is 12.9. The summed E-state index contributed by atoms with van der Waals surface area (Å²) in [5, 5.41) is 0. The Morgan fingerprint density at radius 2 is 1.19 bits per heavy atom. The fraction of sp³-hybridized carbons (Fsp3) is 0.400. The number of alkyl halides is 6. The Morgan fingerprint density at radius 3 is 1.50 bits per heavy atom. The lowest BCUT2D eigenvalue weighted by atomic mass is 10.1. The quantitative estimate of drug-likeness (QED) is 0.692. The fourth-order valence-corrected chi connectivity index (χ4v) is 1.24. The maximum atomic E-state index is 12.0. The lowest BCUT2D eigenvalue weighted by molar-refractivity contribution is -0.127. The van der Waals surface area contributed by atoms with Gasteiger partial charge in [-0.3, -0.25) is 0 Å². The van der Waals surface area contributed by atoms with E-state index in [0.717, 1.165) is 18.2 Å². The van der Waals surface area contributed by atoms with Crippen LogP contribution in [0.25, 0.3) is 0 Å². The highest BCUT2D eigenvalue weighted by molar-refractivity contribution is 5.24. The summed E-state index contributed by atoms with van der Waals surface area (Å²) < 4.78 is 71.8. The summed E-state index contributed by atoms with van der Waals surface area (Å²) in [6.07, 6.45) is -11.3. The second-order valence-corrected chi connectivity index (χ2v) is 3.33. The lowest BCUT2D eigenvalue weighted by Crippen LogP contribution is -2.14. The zero-order chi connectivity index (χ0) is 12.4. The predicted octanol–water partition coefficient (Wildman–Crippen LogP) is 3.70. The Bertz CT molecular complexity index is 318. The topological polar surface area (TPSA) is 0 Å². The first-order valence-electron chi connectivity index (χ1n) is 4.28. The molecule has 0 fully saturated rings. The standard InChI is InChI=1S/C10H7F6/c11-9(12,13)5-7-2-1-3-8(4-7)6-10(14,15)16/h2-4H,5-6H2. The molecule has 0 aliphatic carbocycles. The predicted molar refractivity (Wildman–Crippen MR) is 44.8 cm³/mol. The number of rotatable bonds is 2. The van der Waals surface area contributed by atoms with E-state index in [0.29, 0.717) is 0 Å². The van der Waals surface area contributed by atoms with Gasteiger partial charge in [-0.05, 0) is 17.2 Å². The van der Waals surface area contributed by atoms with E-state index >= 15 is 0 Å². The number of hydrogen-bond acceptors (Lipinski definition) is 0. The van der Waals surface area contributed by atoms with Crippen LogP contribution in [0.5, 0.6) is 0 Å². The van der Waals surface area contributed by atoms with Crippen LogP contribution >= 0.6 is 0 Å². The van der Waals surface area contributed by atoms with Gasteiger partial charge in [-0.25, -0.2) is 0 Å². The van der Waals surface area contributed by atoms with Gasteiger partial charge in [0.1, 0.15) is 0 Å². The first-order chi connectivity index (χ1) is 7.16. The van der Waals surface area contributed by atoms with Crippen molar-refractivity contribution in [2.75, 3.05) is 0 Å². The van der Waals surface area contributed by atoms with Crippen LogP contribution in [0.3, 0.4) is 0 Å². The normalized spacial score (nSPS) is 12.9. The fourth-order valence-electron chi connectivity index (χ4n) is 1.24. The highest BCUT2D eigenvalue weighted by Gasteiger charge is 2.30. The van der Waals surface area contributed by atoms with Gasteiger partial charge in [-0.15, -0.1) is 0 Å². The van der Waals surface area contributed by atoms with Gasteiger partial charge in [0.05, 0.1) is 12.8 Å². The van der Waals surface area contributed by atoms with E-state index in [1.54, 1.807) is 0 Å². The Labute approximate surface area is 87.9 Å². The largest absolute Gasteiger partial charge is 0.393 e. The third kappa shape index (κ3) is 5.04. The molecule has 0 saturated carbocycles. The van der Waals surface area contributed by atoms with Crippen molar-refractivity contribution in [2.45, 2.75) is 25.2 Å². The van der Waals surface area contributed by atoms with Gasteiger partial charge in [0, 0.05) is 0 Å². The molecule has 0 nitrogen and oxygen atoms in total.